The van der Waals surface area contributed by atoms with Crippen LogP contribution in [0.15, 0.2) is 46.3 Å². The van der Waals surface area contributed by atoms with Crippen molar-refractivity contribution in [2.45, 2.75) is 23.1 Å². The van der Waals surface area contributed by atoms with E-state index in [1.165, 1.54) is 7.05 Å². The van der Waals surface area contributed by atoms with Gasteiger partial charge in [0.25, 0.3) is 15.9 Å². The predicted octanol–water partition coefficient (Wildman–Crippen LogP) is 2.93. The fourth-order valence-corrected chi connectivity index (χ4v) is 3.60. The van der Waals surface area contributed by atoms with E-state index in [1.807, 2.05) is 0 Å². The van der Waals surface area contributed by atoms with E-state index in [4.69, 9.17) is 10.00 Å². The summed E-state index contributed by atoms with van der Waals surface area (Å²) < 4.78 is 86.6. The van der Waals surface area contributed by atoms with Gasteiger partial charge in [0.2, 0.25) is 0 Å². The average Bonchev–Trinajstić information content (AvgIpc) is 3.10. The molecule has 0 saturated heterocycles. The number of nitriles is 1. The van der Waals surface area contributed by atoms with Gasteiger partial charge in [-0.25, -0.2) is 4.39 Å². The highest BCUT2D eigenvalue weighted by atomic mass is 32.2. The number of aliphatic hydroxyl groups is 1. The van der Waals surface area contributed by atoms with Gasteiger partial charge < -0.3 is 19.7 Å². The van der Waals surface area contributed by atoms with Crippen molar-refractivity contribution in [3.8, 4) is 11.8 Å². The van der Waals surface area contributed by atoms with Gasteiger partial charge >= 0.3 is 6.18 Å². The molecule has 182 valence electrons. The lowest BCUT2D eigenvalue weighted by molar-refractivity contribution is -0.243. The van der Waals surface area contributed by atoms with Gasteiger partial charge in [-0.2, -0.15) is 31.2 Å². The van der Waals surface area contributed by atoms with Crippen LogP contribution in [0.4, 0.5) is 23.2 Å². The number of aryl methyl sites for hydroxylation is 1. The van der Waals surface area contributed by atoms with Gasteiger partial charge in [-0.15, -0.1) is 0 Å². The van der Waals surface area contributed by atoms with Gasteiger partial charge in [0, 0.05) is 32.1 Å². The van der Waals surface area contributed by atoms with Crippen molar-refractivity contribution in [2.75, 3.05) is 11.9 Å². The van der Waals surface area contributed by atoms with Gasteiger partial charge in [-0.1, -0.05) is 12.7 Å². The smallest absolute Gasteiger partial charge is 0.420 e. The molecule has 1 atom stereocenters. The number of nitrogens with one attached hydrogen (secondary N) is 1. The molecule has 0 aliphatic rings. The molecule has 9 nitrogen and oxygen atoms in total. The number of nitrogens with zero attached hydrogens (tertiary/aromatic N) is 3. The second kappa shape index (κ2) is 9.65. The Hall–Kier alpha value is -3.70. The zero-order chi connectivity index (χ0) is 25.9. The second-order valence-electron chi connectivity index (χ2n) is 6.87. The van der Waals surface area contributed by atoms with Crippen molar-refractivity contribution in [3.63, 3.8) is 0 Å². The summed E-state index contributed by atoms with van der Waals surface area (Å²) in [6.07, 6.45) is -4.96. The van der Waals surface area contributed by atoms with Crippen molar-refractivity contribution in [2.24, 2.45) is 11.4 Å². The van der Waals surface area contributed by atoms with Gasteiger partial charge in [-0.3, -0.25) is 4.79 Å². The Bertz CT molecular complexity index is 1280. The maximum atomic E-state index is 13.5. The van der Waals surface area contributed by atoms with Crippen LogP contribution in [0.2, 0.25) is 0 Å². The highest BCUT2D eigenvalue weighted by Crippen LogP contribution is 2.36. The van der Waals surface area contributed by atoms with E-state index in [9.17, 15) is 35.9 Å². The molecule has 2 N–H and O–H groups in total. The molecule has 0 radical (unpaired) electrons. The average molecular weight is 502 g/mol. The minimum atomic E-state index is -5.09. The van der Waals surface area contributed by atoms with Gasteiger partial charge in [-0.05, 0) is 18.2 Å². The number of benzene rings is 1. The molecular formula is C20H18F4N4O5S. The Labute approximate surface area is 191 Å². The molecule has 0 aliphatic carbocycles. The molecule has 0 fully saturated rings. The summed E-state index contributed by atoms with van der Waals surface area (Å²) in [4.78, 5) is 12.2. The van der Waals surface area contributed by atoms with Crippen molar-refractivity contribution in [3.05, 3.63) is 54.1 Å². The molecular weight excluding hydrogens is 484 g/mol. The fourth-order valence-electron chi connectivity index (χ4n) is 2.78. The van der Waals surface area contributed by atoms with Crippen LogP contribution >= 0.6 is 0 Å². The Balaban J connectivity index is 2.46. The molecule has 0 bridgehead atoms. The van der Waals surface area contributed by atoms with Gasteiger partial charge in [0.05, 0.1) is 12.2 Å². The number of anilines is 1. The van der Waals surface area contributed by atoms with Crippen LogP contribution in [-0.2, 0) is 17.1 Å². The quantitative estimate of drug-likeness (QED) is 0.308. The topological polar surface area (TPSA) is 134 Å². The molecule has 0 aliphatic heterocycles. The van der Waals surface area contributed by atoms with E-state index in [0.717, 1.165) is 29.0 Å². The summed E-state index contributed by atoms with van der Waals surface area (Å²) in [5.41, 5.74) is -4.18. The largest absolute Gasteiger partial charge is 0.490 e. The van der Waals surface area contributed by atoms with Crippen LogP contribution < -0.4 is 10.1 Å². The zero-order valence-electron chi connectivity index (χ0n) is 17.6. The van der Waals surface area contributed by atoms with E-state index >= 15 is 0 Å². The van der Waals surface area contributed by atoms with Crippen LogP contribution in [0.3, 0.4) is 0 Å². The molecule has 1 heterocycles. The molecule has 1 aromatic carbocycles. The first kappa shape index (κ1) is 26.6. The zero-order valence-corrected chi connectivity index (χ0v) is 18.4. The fraction of sp³-hybridized carbons (Fsp3) is 0.250. The summed E-state index contributed by atoms with van der Waals surface area (Å²) in [6, 6.07) is 4.66. The lowest BCUT2D eigenvalue weighted by Crippen LogP contribution is -2.44. The number of sulfonamides is 1. The lowest BCUT2D eigenvalue weighted by Gasteiger charge is -2.27. The second-order valence-corrected chi connectivity index (χ2v) is 8.52. The number of rotatable bonds is 9. The van der Waals surface area contributed by atoms with E-state index in [2.05, 4.69) is 23.0 Å². The number of halogens is 4. The van der Waals surface area contributed by atoms with Crippen LogP contribution in [0.25, 0.3) is 0 Å². The van der Waals surface area contributed by atoms with E-state index in [-0.39, 0.29) is 17.3 Å². The van der Waals surface area contributed by atoms with Crippen molar-refractivity contribution in [1.29, 1.82) is 5.26 Å². The van der Waals surface area contributed by atoms with Crippen molar-refractivity contribution < 1.29 is 40.6 Å². The molecule has 34 heavy (non-hydrogen) atoms. The molecule has 1 amide bonds. The number of hydrogen-bond acceptors (Lipinski definition) is 6. The molecule has 14 heteroatoms. The minimum Gasteiger partial charge on any atom is -0.490 e. The molecule has 2 aromatic rings. The summed E-state index contributed by atoms with van der Waals surface area (Å²) in [6.45, 7) is 5.00. The highest BCUT2D eigenvalue weighted by Gasteiger charge is 2.51. The standard InChI is InChI=1S/C20H18F4N4O5S/c1-4-19(30,20(22,23)24)7-8-33-17-15(34(31,32)26-2)11-28(3)16(17)18(29)27-13-5-6-14(21)12(9-13)10-25/h4-6,9,11,30H,1-2,7-8H2,3H3,(H,27,29)/t19-/m0/s1. The predicted molar refractivity (Wildman–Crippen MR) is 113 cm³/mol. The Kier molecular flexibility index (Phi) is 7.54. The number of hydrogen-bond donors (Lipinski definition) is 2. The first-order valence-corrected chi connectivity index (χ1v) is 10.6. The SMILES string of the molecule is C=C[C@](O)(CCOc1c(S(=O)(=O)N=C)cn(C)c1C(=O)Nc1ccc(F)c(C#N)c1)C(F)(F)F. The van der Waals surface area contributed by atoms with E-state index in [0.29, 0.717) is 0 Å². The highest BCUT2D eigenvalue weighted by molar-refractivity contribution is 7.90. The van der Waals surface area contributed by atoms with E-state index < -0.39 is 62.9 Å². The van der Waals surface area contributed by atoms with Crippen molar-refractivity contribution >= 4 is 28.3 Å². The third-order valence-electron chi connectivity index (χ3n) is 4.67. The van der Waals surface area contributed by atoms with Crippen LogP contribution in [-0.4, -0.2) is 49.1 Å². The first-order chi connectivity index (χ1) is 15.7. The number of aromatic nitrogens is 1. The summed E-state index contributed by atoms with van der Waals surface area (Å²) in [5.74, 6) is -2.48. The lowest BCUT2D eigenvalue weighted by atomic mass is 10.00. The Morgan fingerprint density at radius 1 is 1.41 bits per heavy atom. The van der Waals surface area contributed by atoms with Crippen LogP contribution in [0.5, 0.6) is 5.75 Å². The number of alkyl halides is 3. The minimum absolute atomic E-state index is 0.0283. The summed E-state index contributed by atoms with van der Waals surface area (Å²) >= 11 is 0. The molecule has 0 saturated carbocycles. The summed E-state index contributed by atoms with van der Waals surface area (Å²) in [7, 11) is -3.21. The number of carbonyl (C=O) groups excluding carboxylic acids is 1. The molecule has 1 aromatic heterocycles. The summed E-state index contributed by atoms with van der Waals surface area (Å²) in [5, 5.41) is 21.0. The third-order valence-corrected chi connectivity index (χ3v) is 5.85. The van der Waals surface area contributed by atoms with Crippen LogP contribution in [0.1, 0.15) is 22.5 Å². The molecule has 2 rings (SSSR count). The maximum Gasteiger partial charge on any atom is 0.420 e. The Morgan fingerprint density at radius 3 is 2.59 bits per heavy atom. The number of amides is 1. The van der Waals surface area contributed by atoms with Crippen molar-refractivity contribution in [1.82, 2.24) is 4.57 Å². The van der Waals surface area contributed by atoms with Gasteiger partial charge in [0.15, 0.2) is 17.0 Å². The van der Waals surface area contributed by atoms with E-state index in [1.54, 1.807) is 6.07 Å². The third kappa shape index (κ3) is 5.26. The molecule has 0 unspecified atom stereocenters. The molecule has 0 spiro atoms. The Morgan fingerprint density at radius 2 is 2.06 bits per heavy atom. The monoisotopic (exact) mass is 502 g/mol. The number of ether oxygens (including phenoxy) is 1. The maximum absolute atomic E-state index is 13.5. The normalized spacial score (nSPS) is 13.4. The van der Waals surface area contributed by atoms with Gasteiger partial charge in [0.1, 0.15) is 16.8 Å². The van der Waals surface area contributed by atoms with Crippen LogP contribution in [0, 0.1) is 17.1 Å². The first-order valence-electron chi connectivity index (χ1n) is 9.19. The number of carbonyl (C=O) groups is 1.